The van der Waals surface area contributed by atoms with Crippen LogP contribution in [0.1, 0.15) is 0 Å². The maximum atomic E-state index is 9.57. The SMILES string of the molecule is OC[C@H](O)[C@H](O)[C@H](O)/C=N\Nc1nc(-c2ccc(Cl)cc2)cs1. The summed E-state index contributed by atoms with van der Waals surface area (Å²) in [4.78, 5) is 4.32. The number of aliphatic hydroxyl groups is 4. The van der Waals surface area contributed by atoms with Crippen molar-refractivity contribution in [1.29, 1.82) is 0 Å². The molecule has 5 N–H and O–H groups in total. The predicted molar refractivity (Wildman–Crippen MR) is 89.8 cm³/mol. The molecule has 124 valence electrons. The van der Waals surface area contributed by atoms with E-state index in [1.807, 2.05) is 17.5 Å². The highest BCUT2D eigenvalue weighted by Gasteiger charge is 2.22. The average Bonchev–Trinajstić information content (AvgIpc) is 3.02. The van der Waals surface area contributed by atoms with Crippen molar-refractivity contribution in [2.75, 3.05) is 12.0 Å². The van der Waals surface area contributed by atoms with Crippen LogP contribution in [0, 0.1) is 0 Å². The van der Waals surface area contributed by atoms with Crippen molar-refractivity contribution in [2.45, 2.75) is 18.3 Å². The molecule has 2 rings (SSSR count). The third kappa shape index (κ3) is 4.96. The monoisotopic (exact) mass is 357 g/mol. The molecule has 0 saturated heterocycles. The smallest absolute Gasteiger partial charge is 0.203 e. The molecule has 1 aromatic heterocycles. The molecule has 0 aliphatic rings. The second-order valence-electron chi connectivity index (χ2n) is 4.67. The van der Waals surface area contributed by atoms with Gasteiger partial charge in [-0.1, -0.05) is 23.7 Å². The lowest BCUT2D eigenvalue weighted by atomic mass is 10.1. The highest BCUT2D eigenvalue weighted by Crippen LogP contribution is 2.25. The standard InChI is InChI=1S/C14H16ClN3O4S/c15-9-3-1-8(2-4-9)10-7-23-14(17-10)18-16-5-11(20)13(22)12(21)6-19/h1-5,7,11-13,19-22H,6H2,(H,17,18)/b16-5-/t11-,12+,13-/m1/s1. The summed E-state index contributed by atoms with van der Waals surface area (Å²) >= 11 is 7.15. The van der Waals surface area contributed by atoms with E-state index in [2.05, 4.69) is 15.5 Å². The fraction of sp³-hybridized carbons (Fsp3) is 0.286. The topological polar surface area (TPSA) is 118 Å². The van der Waals surface area contributed by atoms with E-state index in [0.29, 0.717) is 10.2 Å². The summed E-state index contributed by atoms with van der Waals surface area (Å²) in [7, 11) is 0. The number of hydrogen-bond donors (Lipinski definition) is 5. The Morgan fingerprint density at radius 2 is 1.96 bits per heavy atom. The van der Waals surface area contributed by atoms with Crippen molar-refractivity contribution in [1.82, 2.24) is 4.98 Å². The van der Waals surface area contributed by atoms with Crippen LogP contribution in [0.5, 0.6) is 0 Å². The van der Waals surface area contributed by atoms with Crippen molar-refractivity contribution in [3.05, 3.63) is 34.7 Å². The van der Waals surface area contributed by atoms with Crippen LogP contribution in [-0.4, -0.2) is 56.5 Å². The first-order valence-corrected chi connectivity index (χ1v) is 7.92. The molecule has 0 saturated carbocycles. The van der Waals surface area contributed by atoms with E-state index in [1.165, 1.54) is 11.3 Å². The number of halogens is 1. The maximum absolute atomic E-state index is 9.57. The van der Waals surface area contributed by atoms with E-state index in [1.54, 1.807) is 12.1 Å². The summed E-state index contributed by atoms with van der Waals surface area (Å²) in [5, 5.41) is 43.6. The van der Waals surface area contributed by atoms with Crippen molar-refractivity contribution >= 4 is 34.3 Å². The minimum Gasteiger partial charge on any atom is -0.394 e. The largest absolute Gasteiger partial charge is 0.394 e. The van der Waals surface area contributed by atoms with Crippen LogP contribution in [0.3, 0.4) is 0 Å². The zero-order valence-corrected chi connectivity index (χ0v) is 13.4. The van der Waals surface area contributed by atoms with Gasteiger partial charge >= 0.3 is 0 Å². The minimum absolute atomic E-state index is 0.496. The Morgan fingerprint density at radius 1 is 1.26 bits per heavy atom. The summed E-state index contributed by atoms with van der Waals surface area (Å²) < 4.78 is 0. The quantitative estimate of drug-likeness (QED) is 0.372. The molecule has 1 aromatic carbocycles. The van der Waals surface area contributed by atoms with Gasteiger partial charge < -0.3 is 20.4 Å². The minimum atomic E-state index is -1.52. The first kappa shape index (κ1) is 17.8. The number of anilines is 1. The molecule has 0 unspecified atom stereocenters. The Balaban J connectivity index is 1.94. The van der Waals surface area contributed by atoms with Crippen molar-refractivity contribution in [3.63, 3.8) is 0 Å². The van der Waals surface area contributed by atoms with Gasteiger partial charge in [0.1, 0.15) is 18.3 Å². The fourth-order valence-electron chi connectivity index (χ4n) is 1.67. The van der Waals surface area contributed by atoms with Crippen LogP contribution in [0.2, 0.25) is 5.02 Å². The molecule has 1 heterocycles. The third-order valence-electron chi connectivity index (χ3n) is 2.96. The number of rotatable bonds is 7. The molecule has 0 amide bonds. The molecule has 9 heteroatoms. The van der Waals surface area contributed by atoms with Gasteiger partial charge in [-0.25, -0.2) is 4.98 Å². The third-order valence-corrected chi connectivity index (χ3v) is 3.96. The molecule has 0 aliphatic heterocycles. The fourth-order valence-corrected chi connectivity index (χ4v) is 2.47. The lowest BCUT2D eigenvalue weighted by Crippen LogP contribution is -2.40. The van der Waals surface area contributed by atoms with E-state index in [4.69, 9.17) is 16.7 Å². The van der Waals surface area contributed by atoms with E-state index in [0.717, 1.165) is 17.5 Å². The Kier molecular flexibility index (Phi) is 6.46. The van der Waals surface area contributed by atoms with Crippen molar-refractivity contribution in [2.24, 2.45) is 5.10 Å². The van der Waals surface area contributed by atoms with Crippen LogP contribution in [0.4, 0.5) is 5.13 Å². The zero-order chi connectivity index (χ0) is 16.8. The molecule has 0 bridgehead atoms. The lowest BCUT2D eigenvalue weighted by Gasteiger charge is -2.17. The van der Waals surface area contributed by atoms with Gasteiger partial charge in [0.2, 0.25) is 5.13 Å². The average molecular weight is 358 g/mol. The van der Waals surface area contributed by atoms with Crippen LogP contribution in [-0.2, 0) is 0 Å². The predicted octanol–water partition coefficient (Wildman–Crippen LogP) is 0.936. The Morgan fingerprint density at radius 3 is 2.61 bits per heavy atom. The summed E-state index contributed by atoms with van der Waals surface area (Å²) in [5.74, 6) is 0. The van der Waals surface area contributed by atoms with Gasteiger partial charge in [-0.15, -0.1) is 11.3 Å². The zero-order valence-electron chi connectivity index (χ0n) is 11.9. The van der Waals surface area contributed by atoms with E-state index in [9.17, 15) is 15.3 Å². The van der Waals surface area contributed by atoms with Crippen LogP contribution in [0.15, 0.2) is 34.7 Å². The highest BCUT2D eigenvalue weighted by molar-refractivity contribution is 7.14. The molecule has 7 nitrogen and oxygen atoms in total. The van der Waals surface area contributed by atoms with Gasteiger partial charge in [0.05, 0.1) is 18.5 Å². The number of nitrogens with zero attached hydrogens (tertiary/aromatic N) is 2. The number of nitrogens with one attached hydrogen (secondary N) is 1. The molecular formula is C14H16ClN3O4S. The normalized spacial score (nSPS) is 15.5. The lowest BCUT2D eigenvalue weighted by molar-refractivity contribution is -0.0541. The summed E-state index contributed by atoms with van der Waals surface area (Å²) in [5.41, 5.74) is 4.28. The van der Waals surface area contributed by atoms with Gasteiger partial charge in [0.15, 0.2) is 0 Å². The summed E-state index contributed by atoms with van der Waals surface area (Å²) in [6.45, 7) is -0.656. The number of aromatic nitrogens is 1. The number of thiazole rings is 1. The highest BCUT2D eigenvalue weighted by atomic mass is 35.5. The molecule has 2 aromatic rings. The molecule has 0 fully saturated rings. The number of hydrogen-bond acceptors (Lipinski definition) is 8. The number of aliphatic hydroxyl groups excluding tert-OH is 4. The first-order valence-electron chi connectivity index (χ1n) is 6.67. The second kappa shape index (κ2) is 8.34. The van der Waals surface area contributed by atoms with Gasteiger partial charge in [-0.2, -0.15) is 5.10 Å². The molecule has 0 spiro atoms. The molecular weight excluding hydrogens is 342 g/mol. The van der Waals surface area contributed by atoms with Gasteiger partial charge in [-0.05, 0) is 12.1 Å². The summed E-state index contributed by atoms with van der Waals surface area (Å²) in [6.07, 6.45) is -3.35. The van der Waals surface area contributed by atoms with Gasteiger partial charge in [0, 0.05) is 16.0 Å². The molecule has 0 radical (unpaired) electrons. The van der Waals surface area contributed by atoms with Crippen LogP contribution < -0.4 is 5.43 Å². The molecule has 3 atom stereocenters. The number of benzene rings is 1. The van der Waals surface area contributed by atoms with E-state index in [-0.39, 0.29) is 0 Å². The summed E-state index contributed by atoms with van der Waals surface area (Å²) in [6, 6.07) is 7.24. The first-order chi connectivity index (χ1) is 11.0. The van der Waals surface area contributed by atoms with Crippen molar-refractivity contribution < 1.29 is 20.4 Å². The van der Waals surface area contributed by atoms with Gasteiger partial charge in [-0.3, -0.25) is 5.43 Å². The van der Waals surface area contributed by atoms with Gasteiger partial charge in [0.25, 0.3) is 0 Å². The van der Waals surface area contributed by atoms with Crippen LogP contribution in [0.25, 0.3) is 11.3 Å². The number of hydrazone groups is 1. The van der Waals surface area contributed by atoms with Crippen LogP contribution >= 0.6 is 22.9 Å². The molecule has 23 heavy (non-hydrogen) atoms. The van der Waals surface area contributed by atoms with E-state index >= 15 is 0 Å². The maximum Gasteiger partial charge on any atom is 0.203 e. The Labute approximate surface area is 141 Å². The second-order valence-corrected chi connectivity index (χ2v) is 5.96. The Bertz CT molecular complexity index is 650. The molecule has 0 aliphatic carbocycles. The Hall–Kier alpha value is -1.55. The van der Waals surface area contributed by atoms with Crippen molar-refractivity contribution in [3.8, 4) is 11.3 Å². The van der Waals surface area contributed by atoms with E-state index < -0.39 is 24.9 Å².